The van der Waals surface area contributed by atoms with Crippen LogP contribution in [0.4, 0.5) is 4.79 Å². The fourth-order valence-corrected chi connectivity index (χ4v) is 7.56. The molecule has 0 bridgehead atoms. The molecule has 9 heteroatoms. The van der Waals surface area contributed by atoms with E-state index in [1.54, 1.807) is 12.1 Å². The third kappa shape index (κ3) is 9.02. The normalized spacial score (nSPS) is 16.3. The second-order valence-electron chi connectivity index (χ2n) is 13.0. The maximum absolute atomic E-state index is 13.4. The summed E-state index contributed by atoms with van der Waals surface area (Å²) in [5.41, 5.74) is 0.302. The molecule has 4 rings (SSSR count). The number of benzene rings is 3. The molecule has 0 aliphatic carbocycles. The fraction of sp³-hybridized carbons (Fsp3) is 0.441. The van der Waals surface area contributed by atoms with Crippen molar-refractivity contribution in [1.82, 2.24) is 10.2 Å². The van der Waals surface area contributed by atoms with Crippen LogP contribution < -0.4 is 5.32 Å². The van der Waals surface area contributed by atoms with Crippen LogP contribution in [-0.2, 0) is 25.6 Å². The predicted octanol–water partition coefficient (Wildman–Crippen LogP) is 7.21. The third-order valence-electron chi connectivity index (χ3n) is 7.11. The van der Waals surface area contributed by atoms with Gasteiger partial charge in [-0.1, -0.05) is 93.0 Å². The van der Waals surface area contributed by atoms with Gasteiger partial charge in [0.05, 0.1) is 22.1 Å². The van der Waals surface area contributed by atoms with E-state index in [2.05, 4.69) is 55.3 Å². The molecule has 2 atom stereocenters. The van der Waals surface area contributed by atoms with Gasteiger partial charge in [-0.05, 0) is 67.6 Å². The van der Waals surface area contributed by atoms with E-state index in [1.165, 1.54) is 0 Å². The molecule has 3 aromatic carbocycles. The summed E-state index contributed by atoms with van der Waals surface area (Å²) in [6.45, 7) is 14.2. The minimum atomic E-state index is -1.11. The van der Waals surface area contributed by atoms with Crippen molar-refractivity contribution in [2.24, 2.45) is 0 Å². The summed E-state index contributed by atoms with van der Waals surface area (Å²) in [6, 6.07) is 27.1. The molecular formula is C34H43ClN2O4SSi. The van der Waals surface area contributed by atoms with E-state index in [9.17, 15) is 9.00 Å². The molecule has 1 unspecified atom stereocenters. The highest BCUT2D eigenvalue weighted by molar-refractivity contribution is 7.85. The number of halogens is 1. The number of carbonyl (C=O) groups is 1. The average Bonchev–Trinajstić information content (AvgIpc) is 2.92. The summed E-state index contributed by atoms with van der Waals surface area (Å²) in [5, 5.41) is 3.82. The van der Waals surface area contributed by atoms with Gasteiger partial charge in [0.2, 0.25) is 9.76 Å². The Hall–Kier alpha value is -2.49. The summed E-state index contributed by atoms with van der Waals surface area (Å²) in [4.78, 5) is 16.5. The standard InChI is InChI=1S/C34H43ClN2O4SSi/c1-32(2,3)40-31(38)36-30(21-22-37-23-29(24-37)42(39)28-19-17-27(35)18-20-28)34(41-43-33(4,5)6,25-13-9-7-10-14-25)26-15-11-8-12-16-26/h7-20,29-30H,21-24H2,1-6H3,(H,36,38)/t30-,42?/m0/s1. The molecule has 1 aliphatic rings. The molecule has 6 nitrogen and oxygen atoms in total. The zero-order chi connectivity index (χ0) is 31.3. The molecule has 230 valence electrons. The lowest BCUT2D eigenvalue weighted by Gasteiger charge is -2.45. The number of hydrogen-bond acceptors (Lipinski definition) is 5. The van der Waals surface area contributed by atoms with Crippen molar-refractivity contribution in [2.45, 2.75) is 80.4 Å². The van der Waals surface area contributed by atoms with E-state index in [0.717, 1.165) is 16.0 Å². The minimum absolute atomic E-state index is 0.0464. The second kappa shape index (κ2) is 14.1. The first-order valence-electron chi connectivity index (χ1n) is 14.7. The Balaban J connectivity index is 1.65. The minimum Gasteiger partial charge on any atom is -0.444 e. The second-order valence-corrected chi connectivity index (χ2v) is 17.1. The summed E-state index contributed by atoms with van der Waals surface area (Å²) in [6.07, 6.45) is 0.111. The predicted molar refractivity (Wildman–Crippen MR) is 176 cm³/mol. The summed E-state index contributed by atoms with van der Waals surface area (Å²) >= 11 is 6.03. The van der Waals surface area contributed by atoms with Crippen LogP contribution >= 0.6 is 11.6 Å². The van der Waals surface area contributed by atoms with Crippen LogP contribution in [-0.4, -0.2) is 61.5 Å². The van der Waals surface area contributed by atoms with Crippen molar-refractivity contribution in [1.29, 1.82) is 0 Å². The van der Waals surface area contributed by atoms with Crippen molar-refractivity contribution in [3.8, 4) is 0 Å². The number of hydrogen-bond donors (Lipinski definition) is 1. The number of carbonyl (C=O) groups excluding carboxylic acids is 1. The zero-order valence-corrected chi connectivity index (χ0v) is 28.5. The third-order valence-corrected chi connectivity index (χ3v) is 10.0. The van der Waals surface area contributed by atoms with Gasteiger partial charge in [-0.3, -0.25) is 4.21 Å². The van der Waals surface area contributed by atoms with Crippen molar-refractivity contribution < 1.29 is 18.2 Å². The molecule has 3 aromatic rings. The molecule has 1 saturated heterocycles. The SMILES string of the molecule is CC(C)(C)OC(=O)N[C@@H](CCN1CC(S(=O)c2ccc(Cl)cc2)C1)C(O[Si]C(C)(C)C)(c1ccccc1)c1ccccc1. The fourth-order valence-electron chi connectivity index (χ4n) is 5.10. The molecular weight excluding hydrogens is 596 g/mol. The number of alkyl carbamates (subject to hydrolysis) is 1. The highest BCUT2D eigenvalue weighted by atomic mass is 35.5. The van der Waals surface area contributed by atoms with Crippen LogP contribution in [0.2, 0.25) is 10.1 Å². The maximum atomic E-state index is 13.4. The van der Waals surface area contributed by atoms with Crippen molar-refractivity contribution in [3.63, 3.8) is 0 Å². The topological polar surface area (TPSA) is 67.9 Å². The van der Waals surface area contributed by atoms with Crippen molar-refractivity contribution >= 4 is 38.3 Å². The molecule has 43 heavy (non-hydrogen) atoms. The Morgan fingerprint density at radius 3 is 1.95 bits per heavy atom. The van der Waals surface area contributed by atoms with Gasteiger partial charge in [-0.2, -0.15) is 0 Å². The Morgan fingerprint density at radius 1 is 0.930 bits per heavy atom. The van der Waals surface area contributed by atoms with Gasteiger partial charge in [-0.15, -0.1) is 0 Å². The monoisotopic (exact) mass is 638 g/mol. The van der Waals surface area contributed by atoms with Gasteiger partial charge in [0, 0.05) is 29.6 Å². The number of nitrogens with zero attached hydrogens (tertiary/aromatic N) is 1. The highest BCUT2D eigenvalue weighted by Crippen LogP contribution is 2.41. The van der Waals surface area contributed by atoms with Crippen LogP contribution in [0.1, 0.15) is 59.1 Å². The lowest BCUT2D eigenvalue weighted by Crippen LogP contribution is -2.58. The summed E-state index contributed by atoms with van der Waals surface area (Å²) in [7, 11) is -0.952. The van der Waals surface area contributed by atoms with E-state index in [4.69, 9.17) is 20.8 Å². The van der Waals surface area contributed by atoms with Gasteiger partial charge in [0.1, 0.15) is 11.2 Å². The Morgan fingerprint density at radius 2 is 1.47 bits per heavy atom. The van der Waals surface area contributed by atoms with Crippen LogP contribution in [0.25, 0.3) is 0 Å². The van der Waals surface area contributed by atoms with E-state index >= 15 is 0 Å². The average molecular weight is 639 g/mol. The largest absolute Gasteiger partial charge is 0.444 e. The number of ether oxygens (including phenoxy) is 1. The maximum Gasteiger partial charge on any atom is 0.407 e. The molecule has 2 radical (unpaired) electrons. The van der Waals surface area contributed by atoms with Gasteiger partial charge < -0.3 is 19.4 Å². The van der Waals surface area contributed by atoms with Gasteiger partial charge in [0.25, 0.3) is 0 Å². The molecule has 1 N–H and O–H groups in total. The van der Waals surface area contributed by atoms with E-state index in [1.807, 2.05) is 69.3 Å². The highest BCUT2D eigenvalue weighted by Gasteiger charge is 2.46. The number of rotatable bonds is 11. The van der Waals surface area contributed by atoms with E-state index < -0.39 is 34.1 Å². The molecule has 1 aliphatic heterocycles. The van der Waals surface area contributed by atoms with Crippen molar-refractivity contribution in [2.75, 3.05) is 19.6 Å². The van der Waals surface area contributed by atoms with E-state index in [-0.39, 0.29) is 20.1 Å². The first-order valence-corrected chi connectivity index (χ1v) is 17.2. The Bertz CT molecular complexity index is 1320. The van der Waals surface area contributed by atoms with Gasteiger partial charge in [-0.25, -0.2) is 4.79 Å². The van der Waals surface area contributed by atoms with Crippen LogP contribution in [0.5, 0.6) is 0 Å². The summed E-state index contributed by atoms with van der Waals surface area (Å²) in [5.74, 6) is 0. The first-order chi connectivity index (χ1) is 20.3. The molecule has 1 fully saturated rings. The van der Waals surface area contributed by atoms with Crippen LogP contribution in [0, 0.1) is 0 Å². The number of nitrogens with one attached hydrogen (secondary N) is 1. The van der Waals surface area contributed by atoms with Gasteiger partial charge >= 0.3 is 6.09 Å². The summed E-state index contributed by atoms with van der Waals surface area (Å²) < 4.78 is 26.0. The molecule has 1 amide bonds. The molecule has 0 spiro atoms. The number of likely N-dealkylation sites (tertiary alicyclic amines) is 1. The number of amides is 1. The van der Waals surface area contributed by atoms with Crippen molar-refractivity contribution in [3.05, 3.63) is 101 Å². The molecule has 0 aromatic heterocycles. The quantitative estimate of drug-likeness (QED) is 0.225. The molecule has 0 saturated carbocycles. The first kappa shape index (κ1) is 33.4. The zero-order valence-electron chi connectivity index (χ0n) is 25.9. The van der Waals surface area contributed by atoms with Crippen LogP contribution in [0.15, 0.2) is 89.8 Å². The molecule has 1 heterocycles. The Labute approximate surface area is 266 Å². The Kier molecular flexibility index (Phi) is 10.9. The lowest BCUT2D eigenvalue weighted by atomic mass is 9.78. The smallest absolute Gasteiger partial charge is 0.407 e. The van der Waals surface area contributed by atoms with Gasteiger partial charge in [0.15, 0.2) is 0 Å². The van der Waals surface area contributed by atoms with Crippen LogP contribution in [0.3, 0.4) is 0 Å². The van der Waals surface area contributed by atoms with E-state index in [0.29, 0.717) is 31.1 Å². The lowest BCUT2D eigenvalue weighted by molar-refractivity contribution is 0.0234.